The van der Waals surface area contributed by atoms with Crippen LogP contribution in [0.25, 0.3) is 0 Å². The standard InChI is InChI=1S/C12H10N2O5/c1-18-8-2-3-10(7(4-8)6-15)19-11-9(12(16)17)5-13-14-11/h2-6H,1H3,(H,13,14)(H,16,17). The second kappa shape index (κ2) is 5.21. The van der Waals surface area contributed by atoms with E-state index in [-0.39, 0.29) is 22.8 Å². The number of aldehydes is 1. The monoisotopic (exact) mass is 262 g/mol. The van der Waals surface area contributed by atoms with Gasteiger partial charge in [0.05, 0.1) is 18.9 Å². The van der Waals surface area contributed by atoms with E-state index in [0.29, 0.717) is 12.0 Å². The maximum absolute atomic E-state index is 11.0. The lowest BCUT2D eigenvalue weighted by Crippen LogP contribution is -1.99. The molecule has 1 aromatic heterocycles. The van der Waals surface area contributed by atoms with Crippen LogP contribution in [0.3, 0.4) is 0 Å². The van der Waals surface area contributed by atoms with Gasteiger partial charge < -0.3 is 14.6 Å². The van der Waals surface area contributed by atoms with E-state index in [1.165, 1.54) is 19.2 Å². The summed E-state index contributed by atoms with van der Waals surface area (Å²) in [6.07, 6.45) is 1.72. The summed E-state index contributed by atoms with van der Waals surface area (Å²) in [5.41, 5.74) is 0.123. The van der Waals surface area contributed by atoms with Gasteiger partial charge in [0.25, 0.3) is 0 Å². The molecular weight excluding hydrogens is 252 g/mol. The topological polar surface area (TPSA) is 102 Å². The van der Waals surface area contributed by atoms with Gasteiger partial charge in [0.15, 0.2) is 6.29 Å². The van der Waals surface area contributed by atoms with Crippen molar-refractivity contribution in [1.29, 1.82) is 0 Å². The second-order valence-corrected chi connectivity index (χ2v) is 3.54. The Morgan fingerprint density at radius 3 is 2.89 bits per heavy atom. The minimum absolute atomic E-state index is 0.0410. The van der Waals surface area contributed by atoms with Gasteiger partial charge in [0, 0.05) is 0 Å². The largest absolute Gasteiger partial charge is 0.497 e. The number of aromatic nitrogens is 2. The molecule has 1 aromatic carbocycles. The van der Waals surface area contributed by atoms with E-state index < -0.39 is 5.97 Å². The highest BCUT2D eigenvalue weighted by Crippen LogP contribution is 2.28. The molecule has 0 amide bonds. The Morgan fingerprint density at radius 2 is 2.26 bits per heavy atom. The number of nitrogens with one attached hydrogen (secondary N) is 1. The van der Waals surface area contributed by atoms with Crippen molar-refractivity contribution in [3.63, 3.8) is 0 Å². The van der Waals surface area contributed by atoms with Gasteiger partial charge in [0.1, 0.15) is 17.1 Å². The highest BCUT2D eigenvalue weighted by molar-refractivity contribution is 5.90. The van der Waals surface area contributed by atoms with Gasteiger partial charge in [-0.3, -0.25) is 4.79 Å². The van der Waals surface area contributed by atoms with E-state index in [4.69, 9.17) is 14.6 Å². The van der Waals surface area contributed by atoms with E-state index in [1.807, 2.05) is 0 Å². The van der Waals surface area contributed by atoms with E-state index in [0.717, 1.165) is 6.20 Å². The zero-order valence-corrected chi connectivity index (χ0v) is 9.91. The number of aromatic carboxylic acids is 1. The molecule has 0 fully saturated rings. The van der Waals surface area contributed by atoms with Crippen molar-refractivity contribution in [3.05, 3.63) is 35.5 Å². The third kappa shape index (κ3) is 2.54. The van der Waals surface area contributed by atoms with Gasteiger partial charge in [-0.05, 0) is 18.2 Å². The molecule has 0 saturated carbocycles. The molecule has 0 aliphatic rings. The maximum atomic E-state index is 11.0. The number of methoxy groups -OCH3 is 1. The fraction of sp³-hybridized carbons (Fsp3) is 0.0833. The quantitative estimate of drug-likeness (QED) is 0.795. The summed E-state index contributed by atoms with van der Waals surface area (Å²) < 4.78 is 10.3. The summed E-state index contributed by atoms with van der Waals surface area (Å²) in [7, 11) is 1.47. The van der Waals surface area contributed by atoms with Crippen molar-refractivity contribution in [2.45, 2.75) is 0 Å². The Morgan fingerprint density at radius 1 is 1.47 bits per heavy atom. The predicted octanol–water partition coefficient (Wildman–Crippen LogP) is 1.72. The molecular formula is C12H10N2O5. The number of carboxylic acid groups (broad SMARTS) is 1. The summed E-state index contributed by atoms with van der Waals surface area (Å²) in [6, 6.07) is 4.59. The molecule has 0 spiro atoms. The predicted molar refractivity (Wildman–Crippen MR) is 64.0 cm³/mol. The molecule has 0 saturated heterocycles. The lowest BCUT2D eigenvalue weighted by atomic mass is 10.2. The number of nitrogens with zero attached hydrogens (tertiary/aromatic N) is 1. The summed E-state index contributed by atoms with van der Waals surface area (Å²) in [5.74, 6) is -0.509. The van der Waals surface area contributed by atoms with Crippen molar-refractivity contribution in [3.8, 4) is 17.4 Å². The van der Waals surface area contributed by atoms with E-state index in [9.17, 15) is 9.59 Å². The van der Waals surface area contributed by atoms with Gasteiger partial charge in [-0.25, -0.2) is 9.89 Å². The fourth-order valence-electron chi connectivity index (χ4n) is 1.45. The first-order valence-corrected chi connectivity index (χ1v) is 5.23. The molecule has 2 rings (SSSR count). The van der Waals surface area contributed by atoms with Gasteiger partial charge in [-0.15, -0.1) is 0 Å². The lowest BCUT2D eigenvalue weighted by Gasteiger charge is -2.08. The van der Waals surface area contributed by atoms with Crippen LogP contribution in [0.5, 0.6) is 17.4 Å². The molecule has 19 heavy (non-hydrogen) atoms. The third-order valence-electron chi connectivity index (χ3n) is 2.39. The zero-order chi connectivity index (χ0) is 13.8. The number of carbonyl (C=O) groups is 2. The molecule has 98 valence electrons. The number of hydrogen-bond acceptors (Lipinski definition) is 5. The molecule has 7 heteroatoms. The van der Waals surface area contributed by atoms with Crippen LogP contribution in [0.1, 0.15) is 20.7 Å². The van der Waals surface area contributed by atoms with Crippen molar-refractivity contribution >= 4 is 12.3 Å². The Kier molecular flexibility index (Phi) is 3.46. The number of hydrogen-bond donors (Lipinski definition) is 2. The first kappa shape index (κ1) is 12.6. The minimum atomic E-state index is -1.18. The lowest BCUT2D eigenvalue weighted by molar-refractivity contribution is 0.0694. The molecule has 0 aliphatic carbocycles. The number of H-pyrrole nitrogens is 1. The van der Waals surface area contributed by atoms with Crippen molar-refractivity contribution in [1.82, 2.24) is 10.2 Å². The number of rotatable bonds is 5. The van der Waals surface area contributed by atoms with E-state index in [1.54, 1.807) is 6.07 Å². The van der Waals surface area contributed by atoms with Crippen LogP contribution in [-0.4, -0.2) is 34.7 Å². The van der Waals surface area contributed by atoms with Crippen LogP contribution in [0.15, 0.2) is 24.4 Å². The van der Waals surface area contributed by atoms with Crippen LogP contribution in [0.4, 0.5) is 0 Å². The van der Waals surface area contributed by atoms with Crippen LogP contribution in [0.2, 0.25) is 0 Å². The first-order chi connectivity index (χ1) is 9.15. The molecule has 7 nitrogen and oxygen atoms in total. The molecule has 0 aliphatic heterocycles. The molecule has 0 unspecified atom stereocenters. The third-order valence-corrected chi connectivity index (χ3v) is 2.39. The Labute approximate surface area is 107 Å². The average molecular weight is 262 g/mol. The number of carboxylic acids is 1. The summed E-state index contributed by atoms with van der Waals surface area (Å²) >= 11 is 0. The van der Waals surface area contributed by atoms with Crippen LogP contribution >= 0.6 is 0 Å². The van der Waals surface area contributed by atoms with E-state index >= 15 is 0 Å². The summed E-state index contributed by atoms with van der Waals surface area (Å²) in [6.45, 7) is 0. The van der Waals surface area contributed by atoms with Crippen molar-refractivity contribution < 1.29 is 24.2 Å². The van der Waals surface area contributed by atoms with E-state index in [2.05, 4.69) is 10.2 Å². The number of benzene rings is 1. The average Bonchev–Trinajstić information content (AvgIpc) is 2.87. The molecule has 0 radical (unpaired) electrons. The number of carbonyl (C=O) groups excluding carboxylic acids is 1. The van der Waals surface area contributed by atoms with Crippen LogP contribution in [-0.2, 0) is 0 Å². The highest BCUT2D eigenvalue weighted by atomic mass is 16.5. The first-order valence-electron chi connectivity index (χ1n) is 5.23. The van der Waals surface area contributed by atoms with Crippen LogP contribution in [0, 0.1) is 0 Å². The summed E-state index contributed by atoms with van der Waals surface area (Å²) in [5, 5.41) is 14.9. The number of aromatic amines is 1. The number of ether oxygens (including phenoxy) is 2. The minimum Gasteiger partial charge on any atom is -0.497 e. The maximum Gasteiger partial charge on any atom is 0.342 e. The van der Waals surface area contributed by atoms with Crippen molar-refractivity contribution in [2.75, 3.05) is 7.11 Å². The summed E-state index contributed by atoms with van der Waals surface area (Å²) in [4.78, 5) is 21.9. The smallest absolute Gasteiger partial charge is 0.342 e. The van der Waals surface area contributed by atoms with Crippen LogP contribution < -0.4 is 9.47 Å². The molecule has 1 heterocycles. The van der Waals surface area contributed by atoms with Gasteiger partial charge >= 0.3 is 5.97 Å². The molecule has 2 N–H and O–H groups in total. The normalized spacial score (nSPS) is 9.95. The van der Waals surface area contributed by atoms with Gasteiger partial charge in [-0.1, -0.05) is 0 Å². The van der Waals surface area contributed by atoms with Gasteiger partial charge in [-0.2, -0.15) is 5.10 Å². The fourth-order valence-corrected chi connectivity index (χ4v) is 1.45. The Hall–Kier alpha value is -2.83. The molecule has 0 atom stereocenters. The van der Waals surface area contributed by atoms with Crippen molar-refractivity contribution in [2.24, 2.45) is 0 Å². The highest BCUT2D eigenvalue weighted by Gasteiger charge is 2.16. The molecule has 0 bridgehead atoms. The zero-order valence-electron chi connectivity index (χ0n) is 9.91. The second-order valence-electron chi connectivity index (χ2n) is 3.54. The molecule has 2 aromatic rings. The Balaban J connectivity index is 2.35. The van der Waals surface area contributed by atoms with Gasteiger partial charge in [0.2, 0.25) is 5.88 Å². The Bertz CT molecular complexity index is 620. The SMILES string of the molecule is COc1ccc(Oc2[nH]ncc2C(=O)O)c(C=O)c1.